The molecule has 9 nitrogen and oxygen atoms in total. The Kier molecular flexibility index (Phi) is 6.22. The number of carboxylic acids is 1. The summed E-state index contributed by atoms with van der Waals surface area (Å²) in [6.07, 6.45) is 3.31. The van der Waals surface area contributed by atoms with Gasteiger partial charge in [-0.15, -0.1) is 11.3 Å². The summed E-state index contributed by atoms with van der Waals surface area (Å²) in [6, 6.07) is 13.4. The summed E-state index contributed by atoms with van der Waals surface area (Å²) in [5, 5.41) is 9.53. The minimum atomic E-state index is -1.24. The van der Waals surface area contributed by atoms with Gasteiger partial charge < -0.3 is 28.8 Å². The highest BCUT2D eigenvalue weighted by molar-refractivity contribution is 7.20. The summed E-state index contributed by atoms with van der Waals surface area (Å²) in [5.74, 6) is -0.265. The molecule has 224 valence electrons. The van der Waals surface area contributed by atoms with E-state index in [1.54, 1.807) is 19.1 Å². The highest BCUT2D eigenvalue weighted by atomic mass is 32.1. The molecule has 0 amide bonds. The number of nitrogens with zero attached hydrogens (tertiary/aromatic N) is 4. The van der Waals surface area contributed by atoms with Crippen LogP contribution >= 0.6 is 11.3 Å². The SMILES string of the molecule is Cc1ccc([C@@]2(C)Oc3cccc(N4CC5CCC(C4)N5Cc4nc5sc(C(=O)O)cc5n4C[C@@H]4CCO4)c3O2)c(F)c1. The number of imidazole rings is 1. The van der Waals surface area contributed by atoms with Crippen LogP contribution in [0.3, 0.4) is 0 Å². The number of aromatic nitrogens is 2. The number of hydrogen-bond acceptors (Lipinski definition) is 8. The third-order valence-electron chi connectivity index (χ3n) is 9.39. The molecule has 2 unspecified atom stereocenters. The topological polar surface area (TPSA) is 89.3 Å². The third-order valence-corrected chi connectivity index (χ3v) is 10.4. The van der Waals surface area contributed by atoms with Gasteiger partial charge in [-0.25, -0.2) is 14.2 Å². The van der Waals surface area contributed by atoms with Gasteiger partial charge in [-0.3, -0.25) is 4.90 Å². The molecule has 1 N–H and O–H groups in total. The Morgan fingerprint density at radius 1 is 1.14 bits per heavy atom. The first-order chi connectivity index (χ1) is 20.8. The zero-order valence-electron chi connectivity index (χ0n) is 24.1. The van der Waals surface area contributed by atoms with Crippen LogP contribution in [0.15, 0.2) is 42.5 Å². The van der Waals surface area contributed by atoms with E-state index in [1.807, 2.05) is 25.1 Å². The number of halogens is 1. The summed E-state index contributed by atoms with van der Waals surface area (Å²) in [5.41, 5.74) is 3.07. The Balaban J connectivity index is 1.04. The molecular formula is C32H33FN4O5S. The molecule has 0 aliphatic carbocycles. The molecule has 4 atom stereocenters. The first-order valence-electron chi connectivity index (χ1n) is 14.9. The summed E-state index contributed by atoms with van der Waals surface area (Å²) in [7, 11) is 0. The minimum absolute atomic E-state index is 0.138. The van der Waals surface area contributed by atoms with E-state index in [2.05, 4.69) is 20.4 Å². The molecular weight excluding hydrogens is 571 g/mol. The van der Waals surface area contributed by atoms with E-state index in [-0.39, 0.29) is 11.9 Å². The number of rotatable bonds is 7. The summed E-state index contributed by atoms with van der Waals surface area (Å²) in [4.78, 5) is 22.6. The fourth-order valence-corrected chi connectivity index (χ4v) is 7.98. The molecule has 3 fully saturated rings. The number of thiophene rings is 1. The van der Waals surface area contributed by atoms with Crippen molar-refractivity contribution in [2.24, 2.45) is 0 Å². The zero-order chi connectivity index (χ0) is 29.5. The Labute approximate surface area is 252 Å². The van der Waals surface area contributed by atoms with Crippen molar-refractivity contribution >= 4 is 33.3 Å². The van der Waals surface area contributed by atoms with Crippen molar-refractivity contribution in [3.63, 3.8) is 0 Å². The molecule has 4 aliphatic rings. The Hall–Kier alpha value is -3.67. The molecule has 2 bridgehead atoms. The monoisotopic (exact) mass is 604 g/mol. The molecule has 0 saturated carbocycles. The quantitative estimate of drug-likeness (QED) is 0.295. The Morgan fingerprint density at radius 3 is 2.63 bits per heavy atom. The molecule has 0 spiro atoms. The van der Waals surface area contributed by atoms with Gasteiger partial charge in [0, 0.05) is 38.7 Å². The van der Waals surface area contributed by atoms with Gasteiger partial charge in [0.2, 0.25) is 0 Å². The summed E-state index contributed by atoms with van der Waals surface area (Å²) < 4.78 is 35.6. The van der Waals surface area contributed by atoms with E-state index in [0.717, 1.165) is 66.4 Å². The van der Waals surface area contributed by atoms with Gasteiger partial charge in [-0.1, -0.05) is 12.1 Å². The standard InChI is InChI=1S/C32H33FN4O5S/c1-18-6-9-22(23(33)12-18)32(2)41-26-5-3-4-24(29(26)42-32)35-14-19-7-8-20(15-35)36(19)17-28-34-30-25(13-27(43-30)31(38)39)37(28)16-21-10-11-40-21/h3-6,9,12-13,19-21H,7-8,10-11,14-17H2,1-2H3,(H,38,39)/t19?,20?,21-,32-/m0/s1. The lowest BCUT2D eigenvalue weighted by Gasteiger charge is -2.42. The van der Waals surface area contributed by atoms with Crippen molar-refractivity contribution in [1.82, 2.24) is 14.5 Å². The Morgan fingerprint density at radius 2 is 1.93 bits per heavy atom. The lowest BCUT2D eigenvalue weighted by atomic mass is 10.0. The van der Waals surface area contributed by atoms with Crippen LogP contribution in [-0.2, 0) is 23.6 Å². The van der Waals surface area contributed by atoms with Crippen molar-refractivity contribution in [3.05, 3.63) is 70.1 Å². The van der Waals surface area contributed by atoms with E-state index in [0.29, 0.717) is 47.1 Å². The molecule has 3 saturated heterocycles. The van der Waals surface area contributed by atoms with E-state index >= 15 is 0 Å². The number of carbonyl (C=O) groups is 1. The van der Waals surface area contributed by atoms with Crippen LogP contribution in [0.4, 0.5) is 10.1 Å². The van der Waals surface area contributed by atoms with Gasteiger partial charge in [0.1, 0.15) is 21.3 Å². The average Bonchev–Trinajstić information content (AvgIpc) is 3.65. The second kappa shape index (κ2) is 9.93. The predicted octanol–water partition coefficient (Wildman–Crippen LogP) is 5.53. The largest absolute Gasteiger partial charge is 0.477 e. The number of piperazine rings is 1. The highest BCUT2D eigenvalue weighted by Crippen LogP contribution is 2.50. The fraction of sp³-hybridized carbons (Fsp3) is 0.438. The van der Waals surface area contributed by atoms with E-state index in [1.165, 1.54) is 17.4 Å². The highest BCUT2D eigenvalue weighted by Gasteiger charge is 2.45. The summed E-state index contributed by atoms with van der Waals surface area (Å²) >= 11 is 1.23. The van der Waals surface area contributed by atoms with Crippen molar-refractivity contribution in [2.45, 2.75) is 70.2 Å². The molecule has 6 heterocycles. The smallest absolute Gasteiger partial charge is 0.346 e. The molecule has 0 radical (unpaired) electrons. The number of anilines is 1. The number of aryl methyl sites for hydroxylation is 1. The normalized spacial score (nSPS) is 26.3. The second-order valence-corrected chi connectivity index (χ2v) is 13.3. The van der Waals surface area contributed by atoms with Gasteiger partial charge in [0.05, 0.1) is 36.0 Å². The van der Waals surface area contributed by atoms with Crippen LogP contribution < -0.4 is 14.4 Å². The van der Waals surface area contributed by atoms with Gasteiger partial charge in [0.25, 0.3) is 5.79 Å². The lowest BCUT2D eigenvalue weighted by molar-refractivity contribution is -0.0705. The summed E-state index contributed by atoms with van der Waals surface area (Å²) in [6.45, 7) is 7.45. The van der Waals surface area contributed by atoms with Crippen LogP contribution in [0.5, 0.6) is 11.5 Å². The van der Waals surface area contributed by atoms with Crippen LogP contribution in [0.1, 0.15) is 52.8 Å². The van der Waals surface area contributed by atoms with Crippen LogP contribution in [0, 0.1) is 12.7 Å². The first-order valence-corrected chi connectivity index (χ1v) is 15.7. The molecule has 8 rings (SSSR count). The number of aromatic carboxylic acids is 1. The molecule has 43 heavy (non-hydrogen) atoms. The van der Waals surface area contributed by atoms with E-state index in [9.17, 15) is 14.3 Å². The van der Waals surface area contributed by atoms with E-state index in [4.69, 9.17) is 19.2 Å². The fourth-order valence-electron chi connectivity index (χ4n) is 7.09. The minimum Gasteiger partial charge on any atom is -0.477 e. The number of hydrogen-bond donors (Lipinski definition) is 1. The number of ether oxygens (including phenoxy) is 3. The van der Waals surface area contributed by atoms with E-state index < -0.39 is 11.8 Å². The number of fused-ring (bicyclic) bond motifs is 4. The molecule has 2 aromatic carbocycles. The predicted molar refractivity (Wildman–Crippen MR) is 160 cm³/mol. The lowest BCUT2D eigenvalue weighted by Crippen LogP contribution is -2.53. The van der Waals surface area contributed by atoms with Crippen molar-refractivity contribution < 1.29 is 28.5 Å². The van der Waals surface area contributed by atoms with Crippen molar-refractivity contribution in [3.8, 4) is 11.5 Å². The second-order valence-electron chi connectivity index (χ2n) is 12.2. The molecule has 4 aromatic rings. The van der Waals surface area contributed by atoms with Crippen molar-refractivity contribution in [1.29, 1.82) is 0 Å². The molecule has 11 heteroatoms. The van der Waals surface area contributed by atoms with Crippen LogP contribution in [-0.4, -0.2) is 63.4 Å². The van der Waals surface area contributed by atoms with Gasteiger partial charge in [-0.2, -0.15) is 0 Å². The van der Waals surface area contributed by atoms with Gasteiger partial charge in [0.15, 0.2) is 11.5 Å². The maximum absolute atomic E-state index is 15.0. The van der Waals surface area contributed by atoms with Crippen LogP contribution in [0.25, 0.3) is 10.3 Å². The maximum Gasteiger partial charge on any atom is 0.346 e. The van der Waals surface area contributed by atoms with Crippen molar-refractivity contribution in [2.75, 3.05) is 24.6 Å². The zero-order valence-corrected chi connectivity index (χ0v) is 24.9. The number of para-hydroxylation sites is 1. The maximum atomic E-state index is 15.0. The van der Waals surface area contributed by atoms with Crippen LogP contribution in [0.2, 0.25) is 0 Å². The number of benzene rings is 2. The number of carboxylic acid groups (broad SMARTS) is 1. The molecule has 2 aromatic heterocycles. The van der Waals surface area contributed by atoms with Gasteiger partial charge in [-0.05, 0) is 62.1 Å². The van der Waals surface area contributed by atoms with Gasteiger partial charge >= 0.3 is 5.97 Å². The first kappa shape index (κ1) is 26.9. The Bertz CT molecular complexity index is 1740. The molecule has 4 aliphatic heterocycles. The third kappa shape index (κ3) is 4.47. The average molecular weight is 605 g/mol.